The number of hydrogen-bond donors (Lipinski definition) is 1. The van der Waals surface area contributed by atoms with Crippen LogP contribution in [0.4, 0.5) is 5.69 Å². The Bertz CT molecular complexity index is 638. The van der Waals surface area contributed by atoms with Gasteiger partial charge in [0.25, 0.3) is 0 Å². The molecular formula is C15H22N2O4S. The molecule has 0 saturated carbocycles. The van der Waals surface area contributed by atoms with Crippen LogP contribution < -0.4 is 5.32 Å². The molecule has 0 aromatic heterocycles. The summed E-state index contributed by atoms with van der Waals surface area (Å²) in [6.45, 7) is 6.31. The van der Waals surface area contributed by atoms with Gasteiger partial charge in [-0.05, 0) is 38.1 Å². The molecule has 2 rings (SSSR count). The summed E-state index contributed by atoms with van der Waals surface area (Å²) in [5, 5.41) is 2.79. The number of nitrogens with one attached hydrogen (secondary N) is 1. The van der Waals surface area contributed by atoms with Crippen molar-refractivity contribution in [1.29, 1.82) is 0 Å². The largest absolute Gasteiger partial charge is 0.378 e. The molecule has 0 radical (unpaired) electrons. The number of ether oxygens (including phenoxy) is 1. The third kappa shape index (κ3) is 4.28. The van der Waals surface area contributed by atoms with Crippen molar-refractivity contribution in [3.05, 3.63) is 24.3 Å². The lowest BCUT2D eigenvalue weighted by molar-refractivity contribution is -0.122. The van der Waals surface area contributed by atoms with Crippen LogP contribution in [0.1, 0.15) is 13.8 Å². The molecule has 1 aliphatic rings. The minimum Gasteiger partial charge on any atom is -0.378 e. The van der Waals surface area contributed by atoms with Crippen LogP contribution >= 0.6 is 0 Å². The highest BCUT2D eigenvalue weighted by atomic mass is 32.2. The Morgan fingerprint density at radius 1 is 1.32 bits per heavy atom. The van der Waals surface area contributed by atoms with E-state index in [1.54, 1.807) is 12.1 Å². The second kappa shape index (κ2) is 6.36. The second-order valence-electron chi connectivity index (χ2n) is 6.13. The van der Waals surface area contributed by atoms with Crippen molar-refractivity contribution in [2.75, 3.05) is 37.9 Å². The molecule has 22 heavy (non-hydrogen) atoms. The molecular weight excluding hydrogens is 304 g/mol. The maximum atomic E-state index is 12.1. The van der Waals surface area contributed by atoms with Crippen molar-refractivity contribution < 1.29 is 17.9 Å². The summed E-state index contributed by atoms with van der Waals surface area (Å²) in [6.07, 6.45) is 1.15. The fraction of sp³-hybridized carbons (Fsp3) is 0.533. The number of nitrogens with zero attached hydrogens (tertiary/aromatic N) is 1. The highest BCUT2D eigenvalue weighted by Gasteiger charge is 2.31. The number of carbonyl (C=O) groups excluding carboxylic acids is 1. The highest BCUT2D eigenvalue weighted by molar-refractivity contribution is 7.90. The molecule has 6 nitrogen and oxygen atoms in total. The summed E-state index contributed by atoms with van der Waals surface area (Å²) in [7, 11) is -3.22. The van der Waals surface area contributed by atoms with E-state index in [-0.39, 0.29) is 22.9 Å². The predicted octanol–water partition coefficient (Wildman–Crippen LogP) is 1.14. The van der Waals surface area contributed by atoms with E-state index in [0.717, 1.165) is 6.26 Å². The van der Waals surface area contributed by atoms with Crippen molar-refractivity contribution >= 4 is 21.4 Å². The van der Waals surface area contributed by atoms with E-state index >= 15 is 0 Å². The summed E-state index contributed by atoms with van der Waals surface area (Å²) in [4.78, 5) is 14.5. The van der Waals surface area contributed by atoms with E-state index in [1.807, 2.05) is 13.8 Å². The van der Waals surface area contributed by atoms with Gasteiger partial charge in [-0.1, -0.05) is 0 Å². The van der Waals surface area contributed by atoms with E-state index in [9.17, 15) is 13.2 Å². The van der Waals surface area contributed by atoms with Crippen LogP contribution in [0.5, 0.6) is 0 Å². The lowest BCUT2D eigenvalue weighted by Crippen LogP contribution is -2.55. The molecule has 0 bridgehead atoms. The fourth-order valence-corrected chi connectivity index (χ4v) is 2.97. The van der Waals surface area contributed by atoms with Gasteiger partial charge in [-0.2, -0.15) is 0 Å². The van der Waals surface area contributed by atoms with Crippen molar-refractivity contribution in [2.45, 2.75) is 24.3 Å². The number of anilines is 1. The maximum Gasteiger partial charge on any atom is 0.238 e. The maximum absolute atomic E-state index is 12.1. The first-order chi connectivity index (χ1) is 10.2. The van der Waals surface area contributed by atoms with Crippen LogP contribution in [0.3, 0.4) is 0 Å². The average molecular weight is 326 g/mol. The molecule has 7 heteroatoms. The van der Waals surface area contributed by atoms with Crippen LogP contribution in [0.2, 0.25) is 0 Å². The van der Waals surface area contributed by atoms with Gasteiger partial charge in [-0.15, -0.1) is 0 Å². The van der Waals surface area contributed by atoms with Gasteiger partial charge < -0.3 is 10.1 Å². The SMILES string of the molecule is CC1(C)COCCN1CC(=O)Nc1ccc(S(C)(=O)=O)cc1. The van der Waals surface area contributed by atoms with E-state index in [4.69, 9.17) is 4.74 Å². The van der Waals surface area contributed by atoms with Gasteiger partial charge in [0.15, 0.2) is 9.84 Å². The number of benzene rings is 1. The number of carbonyl (C=O) groups is 1. The molecule has 1 fully saturated rings. The summed E-state index contributed by atoms with van der Waals surface area (Å²) in [6, 6.07) is 6.17. The van der Waals surface area contributed by atoms with Gasteiger partial charge in [0.1, 0.15) is 0 Å². The average Bonchev–Trinajstić information content (AvgIpc) is 2.40. The van der Waals surface area contributed by atoms with Gasteiger partial charge in [-0.25, -0.2) is 8.42 Å². The smallest absolute Gasteiger partial charge is 0.238 e. The van der Waals surface area contributed by atoms with E-state index in [1.165, 1.54) is 12.1 Å². The molecule has 1 amide bonds. The zero-order chi connectivity index (χ0) is 16.4. The third-order valence-corrected chi connectivity index (χ3v) is 4.85. The highest BCUT2D eigenvalue weighted by Crippen LogP contribution is 2.19. The van der Waals surface area contributed by atoms with Crippen molar-refractivity contribution in [3.63, 3.8) is 0 Å². The molecule has 0 atom stereocenters. The third-order valence-electron chi connectivity index (χ3n) is 3.72. The molecule has 1 aromatic carbocycles. The Balaban J connectivity index is 1.97. The fourth-order valence-electron chi connectivity index (χ4n) is 2.34. The van der Waals surface area contributed by atoms with Crippen LogP contribution in [-0.4, -0.2) is 57.3 Å². The van der Waals surface area contributed by atoms with Crippen LogP contribution in [0.25, 0.3) is 0 Å². The number of sulfone groups is 1. The van der Waals surface area contributed by atoms with Gasteiger partial charge in [0, 0.05) is 24.0 Å². The minimum absolute atomic E-state index is 0.123. The van der Waals surface area contributed by atoms with Gasteiger partial charge in [-0.3, -0.25) is 9.69 Å². The van der Waals surface area contributed by atoms with Gasteiger partial charge in [0.05, 0.1) is 24.7 Å². The first-order valence-electron chi connectivity index (χ1n) is 7.11. The molecule has 0 aliphatic carbocycles. The van der Waals surface area contributed by atoms with E-state index in [2.05, 4.69) is 10.2 Å². The van der Waals surface area contributed by atoms with Crippen molar-refractivity contribution in [2.24, 2.45) is 0 Å². The topological polar surface area (TPSA) is 75.7 Å². The van der Waals surface area contributed by atoms with Gasteiger partial charge in [0.2, 0.25) is 5.91 Å². The van der Waals surface area contributed by atoms with Crippen molar-refractivity contribution in [3.8, 4) is 0 Å². The number of rotatable bonds is 4. The minimum atomic E-state index is -3.22. The molecule has 1 aliphatic heterocycles. The van der Waals surface area contributed by atoms with Crippen molar-refractivity contribution in [1.82, 2.24) is 4.90 Å². The van der Waals surface area contributed by atoms with Gasteiger partial charge >= 0.3 is 0 Å². The van der Waals surface area contributed by atoms with E-state index in [0.29, 0.717) is 25.4 Å². The summed E-state index contributed by atoms with van der Waals surface area (Å²) < 4.78 is 28.2. The lowest BCUT2D eigenvalue weighted by atomic mass is 10.0. The Hall–Kier alpha value is -1.44. The lowest BCUT2D eigenvalue weighted by Gasteiger charge is -2.41. The normalized spacial score (nSPS) is 18.9. The Kier molecular flexibility index (Phi) is 4.89. The standard InChI is InChI=1S/C15H22N2O4S/c1-15(2)11-21-9-8-17(15)10-14(18)16-12-4-6-13(7-5-12)22(3,19)20/h4-7H,8-11H2,1-3H3,(H,16,18). The Morgan fingerprint density at radius 3 is 2.50 bits per heavy atom. The number of hydrogen-bond acceptors (Lipinski definition) is 5. The predicted molar refractivity (Wildman–Crippen MR) is 84.7 cm³/mol. The van der Waals surface area contributed by atoms with Crippen LogP contribution in [0.15, 0.2) is 29.2 Å². The quantitative estimate of drug-likeness (QED) is 0.898. The van der Waals surface area contributed by atoms with Crippen LogP contribution in [0, 0.1) is 0 Å². The first kappa shape index (κ1) is 16.9. The Labute approximate surface area is 131 Å². The molecule has 1 aromatic rings. The van der Waals surface area contributed by atoms with E-state index < -0.39 is 9.84 Å². The Morgan fingerprint density at radius 2 is 1.95 bits per heavy atom. The second-order valence-corrected chi connectivity index (χ2v) is 8.15. The number of amides is 1. The molecule has 122 valence electrons. The summed E-state index contributed by atoms with van der Waals surface area (Å²) >= 11 is 0. The number of morpholine rings is 1. The zero-order valence-electron chi connectivity index (χ0n) is 13.1. The molecule has 1 N–H and O–H groups in total. The summed E-state index contributed by atoms with van der Waals surface area (Å²) in [5.74, 6) is -0.123. The first-order valence-corrected chi connectivity index (χ1v) is 9.00. The molecule has 0 unspecified atom stereocenters. The zero-order valence-corrected chi connectivity index (χ0v) is 13.9. The molecule has 0 spiro atoms. The van der Waals surface area contributed by atoms with Crippen LogP contribution in [-0.2, 0) is 19.4 Å². The molecule has 1 heterocycles. The molecule has 1 saturated heterocycles. The monoisotopic (exact) mass is 326 g/mol. The summed E-state index contributed by atoms with van der Waals surface area (Å²) in [5.41, 5.74) is 0.416.